The summed E-state index contributed by atoms with van der Waals surface area (Å²) < 4.78 is 0. The minimum Gasteiger partial charge on any atom is -0.381 e. The number of anilines is 1. The molecular formula is C17H20N2O2. The summed E-state index contributed by atoms with van der Waals surface area (Å²) in [4.78, 5) is 10.7. The smallest absolute Gasteiger partial charge is 0.274 e. The van der Waals surface area contributed by atoms with Crippen molar-refractivity contribution in [2.24, 2.45) is 0 Å². The van der Waals surface area contributed by atoms with Crippen LogP contribution in [0.3, 0.4) is 0 Å². The molecule has 110 valence electrons. The molecule has 1 N–H and O–H groups in total. The van der Waals surface area contributed by atoms with Crippen LogP contribution in [0.4, 0.5) is 11.4 Å². The molecule has 0 radical (unpaired) electrons. The molecule has 2 aromatic rings. The van der Waals surface area contributed by atoms with E-state index in [-0.39, 0.29) is 10.6 Å². The molecule has 0 aliphatic carbocycles. The van der Waals surface area contributed by atoms with Gasteiger partial charge in [0.25, 0.3) is 5.69 Å². The van der Waals surface area contributed by atoms with Gasteiger partial charge in [-0.1, -0.05) is 18.2 Å². The Morgan fingerprint density at radius 2 is 1.62 bits per heavy atom. The first-order valence-corrected chi connectivity index (χ1v) is 6.94. The molecule has 2 rings (SSSR count). The first-order valence-electron chi connectivity index (χ1n) is 6.94. The van der Waals surface area contributed by atoms with E-state index in [9.17, 15) is 10.1 Å². The fourth-order valence-corrected chi connectivity index (χ4v) is 2.54. The summed E-state index contributed by atoms with van der Waals surface area (Å²) in [6, 6.07) is 9.67. The summed E-state index contributed by atoms with van der Waals surface area (Å²) in [5, 5.41) is 14.4. The summed E-state index contributed by atoms with van der Waals surface area (Å²) in [5.41, 5.74) is 6.36. The first kappa shape index (κ1) is 15.0. The first-order chi connectivity index (χ1) is 9.90. The van der Waals surface area contributed by atoms with E-state index in [0.29, 0.717) is 12.1 Å². The molecule has 0 saturated carbocycles. The molecule has 4 heteroatoms. The Bertz CT molecular complexity index is 673. The molecule has 0 heterocycles. The number of nitrogens with zero attached hydrogens (tertiary/aromatic N) is 1. The molecule has 2 aromatic carbocycles. The Morgan fingerprint density at radius 3 is 2.19 bits per heavy atom. The van der Waals surface area contributed by atoms with Crippen LogP contribution in [-0.2, 0) is 6.54 Å². The van der Waals surface area contributed by atoms with Gasteiger partial charge in [0.2, 0.25) is 0 Å². The van der Waals surface area contributed by atoms with E-state index in [4.69, 9.17) is 0 Å². The Morgan fingerprint density at radius 1 is 1.00 bits per heavy atom. The van der Waals surface area contributed by atoms with E-state index in [1.54, 1.807) is 13.0 Å². The Kier molecular flexibility index (Phi) is 4.26. The lowest BCUT2D eigenvalue weighted by Gasteiger charge is -2.14. The van der Waals surface area contributed by atoms with Crippen LogP contribution in [0.15, 0.2) is 30.3 Å². The number of rotatable bonds is 4. The predicted molar refractivity (Wildman–Crippen MR) is 85.8 cm³/mol. The van der Waals surface area contributed by atoms with Crippen molar-refractivity contribution < 1.29 is 4.92 Å². The molecule has 0 spiro atoms. The molecule has 0 amide bonds. The standard InChI is InChI=1S/C17H20N2O2/c1-11-6-5-7-12(2)15(11)10-18-16-9-17(19(20)21)14(4)8-13(16)3/h5-9,18H,10H2,1-4H3. The molecular weight excluding hydrogens is 264 g/mol. The molecule has 0 aliphatic rings. The highest BCUT2D eigenvalue weighted by atomic mass is 16.6. The fraction of sp³-hybridized carbons (Fsp3) is 0.294. The van der Waals surface area contributed by atoms with Crippen molar-refractivity contribution in [3.8, 4) is 0 Å². The van der Waals surface area contributed by atoms with Crippen LogP contribution in [0, 0.1) is 37.8 Å². The summed E-state index contributed by atoms with van der Waals surface area (Å²) in [7, 11) is 0. The van der Waals surface area contributed by atoms with Crippen LogP contribution in [0.25, 0.3) is 0 Å². The zero-order chi connectivity index (χ0) is 15.6. The maximum Gasteiger partial charge on any atom is 0.274 e. The van der Waals surface area contributed by atoms with E-state index < -0.39 is 0 Å². The van der Waals surface area contributed by atoms with Gasteiger partial charge in [-0.2, -0.15) is 0 Å². The lowest BCUT2D eigenvalue weighted by molar-refractivity contribution is -0.385. The Balaban J connectivity index is 2.28. The van der Waals surface area contributed by atoms with Crippen LogP contribution in [0.2, 0.25) is 0 Å². The number of nitro groups is 1. The van der Waals surface area contributed by atoms with Crippen molar-refractivity contribution in [2.75, 3.05) is 5.32 Å². The minimum atomic E-state index is -0.334. The second kappa shape index (κ2) is 5.95. The normalized spacial score (nSPS) is 10.5. The van der Waals surface area contributed by atoms with Gasteiger partial charge in [-0.3, -0.25) is 10.1 Å². The Labute approximate surface area is 125 Å². The third-order valence-corrected chi connectivity index (χ3v) is 3.84. The van der Waals surface area contributed by atoms with E-state index in [1.807, 2.05) is 19.1 Å². The van der Waals surface area contributed by atoms with Crippen molar-refractivity contribution in [3.05, 3.63) is 68.3 Å². The Hall–Kier alpha value is -2.36. The number of nitrogens with one attached hydrogen (secondary N) is 1. The topological polar surface area (TPSA) is 55.2 Å². The molecule has 4 nitrogen and oxygen atoms in total. The minimum absolute atomic E-state index is 0.157. The number of benzene rings is 2. The van der Waals surface area contributed by atoms with Crippen LogP contribution < -0.4 is 5.32 Å². The highest BCUT2D eigenvalue weighted by molar-refractivity contribution is 5.60. The van der Waals surface area contributed by atoms with E-state index in [2.05, 4.69) is 31.3 Å². The summed E-state index contributed by atoms with van der Waals surface area (Å²) in [6.45, 7) is 8.55. The van der Waals surface area contributed by atoms with Gasteiger partial charge in [-0.25, -0.2) is 0 Å². The second-order valence-corrected chi connectivity index (χ2v) is 5.43. The number of hydrogen-bond donors (Lipinski definition) is 1. The van der Waals surface area contributed by atoms with Gasteiger partial charge in [0.05, 0.1) is 4.92 Å². The van der Waals surface area contributed by atoms with E-state index in [1.165, 1.54) is 16.7 Å². The maximum atomic E-state index is 11.0. The largest absolute Gasteiger partial charge is 0.381 e. The SMILES string of the molecule is Cc1cc(C)c([N+](=O)[O-])cc1NCc1c(C)cccc1C. The monoisotopic (exact) mass is 284 g/mol. The van der Waals surface area contributed by atoms with Crippen LogP contribution in [0.5, 0.6) is 0 Å². The van der Waals surface area contributed by atoms with Gasteiger partial charge < -0.3 is 5.32 Å². The number of hydrogen-bond acceptors (Lipinski definition) is 3. The van der Waals surface area contributed by atoms with Crippen molar-refractivity contribution >= 4 is 11.4 Å². The molecule has 0 aromatic heterocycles. The third kappa shape index (κ3) is 3.21. The zero-order valence-corrected chi connectivity index (χ0v) is 12.9. The van der Waals surface area contributed by atoms with E-state index >= 15 is 0 Å². The third-order valence-electron chi connectivity index (χ3n) is 3.84. The highest BCUT2D eigenvalue weighted by Gasteiger charge is 2.13. The quantitative estimate of drug-likeness (QED) is 0.667. The molecule has 21 heavy (non-hydrogen) atoms. The van der Waals surface area contributed by atoms with Crippen molar-refractivity contribution in [2.45, 2.75) is 34.2 Å². The van der Waals surface area contributed by atoms with Gasteiger partial charge in [-0.05, 0) is 56.0 Å². The lowest BCUT2D eigenvalue weighted by atomic mass is 10.0. The summed E-state index contributed by atoms with van der Waals surface area (Å²) in [5.74, 6) is 0. The van der Waals surface area contributed by atoms with Gasteiger partial charge in [0.1, 0.15) is 0 Å². The average molecular weight is 284 g/mol. The van der Waals surface area contributed by atoms with Gasteiger partial charge in [0.15, 0.2) is 0 Å². The number of aryl methyl sites for hydroxylation is 4. The van der Waals surface area contributed by atoms with Crippen LogP contribution in [0.1, 0.15) is 27.8 Å². The van der Waals surface area contributed by atoms with Crippen molar-refractivity contribution in [1.29, 1.82) is 0 Å². The number of nitro benzene ring substituents is 1. The van der Waals surface area contributed by atoms with Gasteiger partial charge >= 0.3 is 0 Å². The van der Waals surface area contributed by atoms with Gasteiger partial charge in [-0.15, -0.1) is 0 Å². The van der Waals surface area contributed by atoms with Crippen molar-refractivity contribution in [1.82, 2.24) is 0 Å². The molecule has 0 bridgehead atoms. The fourth-order valence-electron chi connectivity index (χ4n) is 2.54. The second-order valence-electron chi connectivity index (χ2n) is 5.43. The summed E-state index contributed by atoms with van der Waals surface area (Å²) >= 11 is 0. The average Bonchev–Trinajstić information content (AvgIpc) is 2.39. The lowest BCUT2D eigenvalue weighted by Crippen LogP contribution is -2.05. The van der Waals surface area contributed by atoms with Crippen LogP contribution in [-0.4, -0.2) is 4.92 Å². The molecule has 0 atom stereocenters. The van der Waals surface area contributed by atoms with E-state index in [0.717, 1.165) is 11.3 Å². The van der Waals surface area contributed by atoms with Crippen LogP contribution >= 0.6 is 0 Å². The zero-order valence-electron chi connectivity index (χ0n) is 12.9. The maximum absolute atomic E-state index is 11.0. The van der Waals surface area contributed by atoms with Crippen molar-refractivity contribution in [3.63, 3.8) is 0 Å². The predicted octanol–water partition coefficient (Wildman–Crippen LogP) is 4.44. The molecule has 0 unspecified atom stereocenters. The highest BCUT2D eigenvalue weighted by Crippen LogP contribution is 2.27. The van der Waals surface area contributed by atoms with Gasteiger partial charge in [0, 0.05) is 23.9 Å². The summed E-state index contributed by atoms with van der Waals surface area (Å²) in [6.07, 6.45) is 0. The molecule has 0 aliphatic heterocycles. The molecule has 0 saturated heterocycles. The molecule has 0 fully saturated rings.